The lowest BCUT2D eigenvalue weighted by Gasteiger charge is -2.45. The van der Waals surface area contributed by atoms with E-state index in [9.17, 15) is 24.5 Å². The van der Waals surface area contributed by atoms with E-state index in [-0.39, 0.29) is 35.8 Å². The molecule has 8 heteroatoms. The van der Waals surface area contributed by atoms with E-state index >= 15 is 0 Å². The number of carbonyl (C=O) groups is 3. The van der Waals surface area contributed by atoms with E-state index < -0.39 is 28.7 Å². The second-order valence-electron chi connectivity index (χ2n) is 10.8. The molecule has 1 aliphatic heterocycles. The van der Waals surface area contributed by atoms with Crippen molar-refractivity contribution >= 4 is 29.1 Å². The number of carbonyl (C=O) groups excluding carboxylic acids is 3. The number of benzene rings is 4. The van der Waals surface area contributed by atoms with Crippen LogP contribution in [0.3, 0.4) is 0 Å². The Morgan fingerprint density at radius 3 is 1.66 bits per heavy atom. The van der Waals surface area contributed by atoms with Gasteiger partial charge in [0.15, 0.2) is 0 Å². The molecule has 3 amide bonds. The van der Waals surface area contributed by atoms with Crippen LogP contribution in [-0.2, 0) is 20.8 Å². The molecular weight excluding hydrogens is 518 g/mol. The van der Waals surface area contributed by atoms with Crippen LogP contribution in [0.2, 0.25) is 0 Å². The minimum atomic E-state index is -1.09. The first-order valence-electron chi connectivity index (χ1n) is 13.6. The van der Waals surface area contributed by atoms with Gasteiger partial charge in [-0.1, -0.05) is 78.9 Å². The average Bonchev–Trinajstić information content (AvgIpc) is 3.26. The van der Waals surface area contributed by atoms with Crippen molar-refractivity contribution in [3.8, 4) is 0 Å². The molecule has 3 atom stereocenters. The zero-order chi connectivity index (χ0) is 28.2. The molecule has 0 saturated carbocycles. The molecule has 1 N–H and O–H groups in total. The van der Waals surface area contributed by atoms with Crippen molar-refractivity contribution in [1.82, 2.24) is 4.90 Å². The van der Waals surface area contributed by atoms with Gasteiger partial charge in [0.1, 0.15) is 6.04 Å². The summed E-state index contributed by atoms with van der Waals surface area (Å²) in [5.74, 6) is -2.92. The van der Waals surface area contributed by atoms with Crippen LogP contribution in [0.15, 0.2) is 103 Å². The summed E-state index contributed by atoms with van der Waals surface area (Å²) in [7, 11) is 0. The molecule has 8 rings (SSSR count). The van der Waals surface area contributed by atoms with E-state index in [1.807, 2.05) is 78.9 Å². The van der Waals surface area contributed by atoms with Gasteiger partial charge in [0.25, 0.3) is 5.69 Å². The molecule has 4 aromatic rings. The quantitative estimate of drug-likeness (QED) is 0.208. The molecule has 8 nitrogen and oxygen atoms in total. The van der Waals surface area contributed by atoms with Crippen LogP contribution < -0.4 is 5.32 Å². The van der Waals surface area contributed by atoms with Crippen molar-refractivity contribution < 1.29 is 19.3 Å². The number of imide groups is 1. The van der Waals surface area contributed by atoms with E-state index in [4.69, 9.17) is 0 Å². The molecule has 1 heterocycles. The maximum absolute atomic E-state index is 14.3. The standard InChI is InChI=1S/C33H25N3O5/c37-31(34-20-14-16-21(17-15-20)36(40)41)26(18-19-8-2-1-3-9-19)35-32(38)29-27-22-10-4-5-11-23(22)28(30(29)33(35)39)25-13-7-6-12-24(25)27/h1-17,26-30H,18H2,(H,34,37). The molecule has 0 aromatic heterocycles. The third-order valence-electron chi connectivity index (χ3n) is 8.71. The summed E-state index contributed by atoms with van der Waals surface area (Å²) in [5, 5.41) is 13.9. The van der Waals surface area contributed by atoms with Crippen LogP contribution in [0.25, 0.3) is 0 Å². The van der Waals surface area contributed by atoms with Crippen molar-refractivity contribution in [2.45, 2.75) is 24.3 Å². The van der Waals surface area contributed by atoms with Gasteiger partial charge in [0.05, 0.1) is 16.8 Å². The van der Waals surface area contributed by atoms with Crippen molar-refractivity contribution in [1.29, 1.82) is 0 Å². The number of nitrogens with one attached hydrogen (secondary N) is 1. The van der Waals surface area contributed by atoms with Crippen LogP contribution in [0.5, 0.6) is 0 Å². The lowest BCUT2D eigenvalue weighted by molar-refractivity contribution is -0.384. The SMILES string of the molecule is O=C(Nc1ccc([N+](=O)[O-])cc1)C(Cc1ccccc1)N1C(=O)C2C3c4ccccc4C(c4ccccc43)C2C1=O. The molecule has 0 spiro atoms. The fourth-order valence-corrected chi connectivity index (χ4v) is 7.04. The highest BCUT2D eigenvalue weighted by molar-refractivity contribution is 6.11. The highest BCUT2D eigenvalue weighted by Gasteiger charge is 2.63. The van der Waals surface area contributed by atoms with Crippen LogP contribution in [0, 0.1) is 22.0 Å². The minimum Gasteiger partial charge on any atom is -0.324 e. The summed E-state index contributed by atoms with van der Waals surface area (Å²) >= 11 is 0. The Balaban J connectivity index is 1.28. The number of nitrogens with zero attached hydrogens (tertiary/aromatic N) is 2. The molecule has 41 heavy (non-hydrogen) atoms. The van der Waals surface area contributed by atoms with Gasteiger partial charge in [-0.05, 0) is 39.9 Å². The smallest absolute Gasteiger partial charge is 0.269 e. The number of nitro groups is 1. The molecule has 1 fully saturated rings. The number of anilines is 1. The zero-order valence-electron chi connectivity index (χ0n) is 21.8. The maximum atomic E-state index is 14.3. The average molecular weight is 544 g/mol. The van der Waals surface area contributed by atoms with Gasteiger partial charge >= 0.3 is 0 Å². The third kappa shape index (κ3) is 3.86. The molecule has 3 aliphatic carbocycles. The zero-order valence-corrected chi connectivity index (χ0v) is 21.8. The Morgan fingerprint density at radius 1 is 0.732 bits per heavy atom. The van der Waals surface area contributed by atoms with Crippen molar-refractivity contribution in [2.24, 2.45) is 11.8 Å². The predicted molar refractivity (Wildman–Crippen MR) is 151 cm³/mol. The van der Waals surface area contributed by atoms with E-state index in [0.717, 1.165) is 27.8 Å². The molecule has 4 aromatic carbocycles. The predicted octanol–water partition coefficient (Wildman–Crippen LogP) is 5.04. The second-order valence-corrected chi connectivity index (χ2v) is 10.8. The highest BCUT2D eigenvalue weighted by Crippen LogP contribution is 2.61. The fraction of sp³-hybridized carbons (Fsp3) is 0.182. The van der Waals surface area contributed by atoms with Gasteiger partial charge in [-0.2, -0.15) is 0 Å². The first kappa shape index (κ1) is 24.9. The van der Waals surface area contributed by atoms with E-state index in [0.29, 0.717) is 5.69 Å². The van der Waals surface area contributed by atoms with Crippen LogP contribution in [0.4, 0.5) is 11.4 Å². The van der Waals surface area contributed by atoms with Gasteiger partial charge in [0, 0.05) is 36.1 Å². The Labute approximate surface area is 235 Å². The molecule has 3 unspecified atom stereocenters. The van der Waals surface area contributed by atoms with Crippen LogP contribution in [0.1, 0.15) is 39.7 Å². The van der Waals surface area contributed by atoms with E-state index in [1.165, 1.54) is 29.2 Å². The number of hydrogen-bond donors (Lipinski definition) is 1. The molecule has 4 aliphatic rings. The number of likely N-dealkylation sites (tertiary alicyclic amines) is 1. The molecular formula is C33H25N3O5. The van der Waals surface area contributed by atoms with Gasteiger partial charge in [-0.3, -0.25) is 29.4 Å². The Hall–Kier alpha value is -5.11. The second kappa shape index (κ2) is 9.52. The Bertz CT molecular complexity index is 1600. The summed E-state index contributed by atoms with van der Waals surface area (Å²) in [6.45, 7) is 0. The normalized spacial score (nSPS) is 22.5. The van der Waals surface area contributed by atoms with Crippen molar-refractivity contribution in [3.63, 3.8) is 0 Å². The lowest BCUT2D eigenvalue weighted by atomic mass is 9.55. The first-order chi connectivity index (χ1) is 19.9. The number of amides is 3. The van der Waals surface area contributed by atoms with E-state index in [1.54, 1.807) is 0 Å². The largest absolute Gasteiger partial charge is 0.324 e. The van der Waals surface area contributed by atoms with Gasteiger partial charge in [-0.25, -0.2) is 0 Å². The number of nitro benzene ring substituents is 1. The summed E-state index contributed by atoms with van der Waals surface area (Å²) in [6.07, 6.45) is 0.145. The minimum absolute atomic E-state index is 0.104. The van der Waals surface area contributed by atoms with Crippen LogP contribution in [-0.4, -0.2) is 33.6 Å². The van der Waals surface area contributed by atoms with E-state index in [2.05, 4.69) is 5.32 Å². The fourth-order valence-electron chi connectivity index (χ4n) is 7.04. The summed E-state index contributed by atoms with van der Waals surface area (Å²) in [6, 6.07) is 29.7. The summed E-state index contributed by atoms with van der Waals surface area (Å²) in [5.41, 5.74) is 5.31. The maximum Gasteiger partial charge on any atom is 0.269 e. The highest BCUT2D eigenvalue weighted by atomic mass is 16.6. The number of hydrogen-bond acceptors (Lipinski definition) is 5. The van der Waals surface area contributed by atoms with Gasteiger partial charge in [-0.15, -0.1) is 0 Å². The third-order valence-corrected chi connectivity index (χ3v) is 8.71. The number of non-ortho nitro benzene ring substituents is 1. The lowest BCUT2D eigenvalue weighted by Crippen LogP contribution is -2.49. The Morgan fingerprint density at radius 2 is 1.20 bits per heavy atom. The molecule has 2 bridgehead atoms. The van der Waals surface area contributed by atoms with Crippen LogP contribution >= 0.6 is 0 Å². The first-order valence-corrected chi connectivity index (χ1v) is 13.6. The summed E-state index contributed by atoms with van der Waals surface area (Å²) in [4.78, 5) is 54.2. The molecule has 1 saturated heterocycles. The van der Waals surface area contributed by atoms with Crippen molar-refractivity contribution in [3.05, 3.63) is 141 Å². The topological polar surface area (TPSA) is 110 Å². The number of rotatable bonds is 6. The Kier molecular flexibility index (Phi) is 5.78. The monoisotopic (exact) mass is 543 g/mol. The molecule has 0 radical (unpaired) electrons. The van der Waals surface area contributed by atoms with Crippen molar-refractivity contribution in [2.75, 3.05) is 5.32 Å². The molecule has 202 valence electrons. The van der Waals surface area contributed by atoms with Gasteiger partial charge < -0.3 is 5.32 Å². The summed E-state index contributed by atoms with van der Waals surface area (Å²) < 4.78 is 0. The van der Waals surface area contributed by atoms with Gasteiger partial charge in [0.2, 0.25) is 17.7 Å².